The van der Waals surface area contributed by atoms with Crippen LogP contribution in [0.1, 0.15) is 45.4 Å². The second kappa shape index (κ2) is 9.15. The molecule has 0 radical (unpaired) electrons. The molecule has 0 saturated carbocycles. The lowest BCUT2D eigenvalue weighted by atomic mass is 9.92. The Hall–Kier alpha value is -0.810. The molecule has 19 heavy (non-hydrogen) atoms. The van der Waals surface area contributed by atoms with Crippen molar-refractivity contribution in [2.75, 3.05) is 27.6 Å². The zero-order valence-electron chi connectivity index (χ0n) is 12.4. The second-order valence-corrected chi connectivity index (χ2v) is 5.01. The summed E-state index contributed by atoms with van der Waals surface area (Å²) in [5.41, 5.74) is 0. The number of amides is 1. The Kier molecular flexibility index (Phi) is 7.82. The smallest absolute Gasteiger partial charge is 0.409 e. The van der Waals surface area contributed by atoms with Crippen molar-refractivity contribution >= 4 is 6.09 Å². The van der Waals surface area contributed by atoms with Crippen molar-refractivity contribution in [2.45, 2.75) is 57.5 Å². The lowest BCUT2D eigenvalue weighted by molar-refractivity contribution is -0.0405. The van der Waals surface area contributed by atoms with Crippen LogP contribution in [-0.4, -0.2) is 50.7 Å². The Morgan fingerprint density at radius 3 is 2.47 bits per heavy atom. The fourth-order valence-corrected chi connectivity index (χ4v) is 2.83. The van der Waals surface area contributed by atoms with E-state index in [0.29, 0.717) is 19.4 Å². The SMILES string of the molecule is CCC[C@@H]1CCC[C@H](CCOCOC)N1C(=O)OC. The predicted octanol–water partition coefficient (Wildman–Crippen LogP) is 2.79. The van der Waals surface area contributed by atoms with Crippen LogP contribution in [0.25, 0.3) is 0 Å². The van der Waals surface area contributed by atoms with E-state index >= 15 is 0 Å². The molecule has 2 atom stereocenters. The number of ether oxygens (including phenoxy) is 3. The Morgan fingerprint density at radius 2 is 1.89 bits per heavy atom. The van der Waals surface area contributed by atoms with Crippen LogP contribution in [0.3, 0.4) is 0 Å². The third-order valence-corrected chi connectivity index (χ3v) is 3.67. The molecule has 0 aromatic heterocycles. The number of hydrogen-bond acceptors (Lipinski definition) is 4. The molecule has 0 bridgehead atoms. The molecule has 0 aliphatic carbocycles. The van der Waals surface area contributed by atoms with E-state index in [-0.39, 0.29) is 12.1 Å². The van der Waals surface area contributed by atoms with Crippen LogP contribution in [0.2, 0.25) is 0 Å². The Labute approximate surface area is 116 Å². The van der Waals surface area contributed by atoms with Crippen molar-refractivity contribution in [3.63, 3.8) is 0 Å². The monoisotopic (exact) mass is 273 g/mol. The van der Waals surface area contributed by atoms with Gasteiger partial charge < -0.3 is 19.1 Å². The highest BCUT2D eigenvalue weighted by Gasteiger charge is 2.34. The highest BCUT2D eigenvalue weighted by molar-refractivity contribution is 5.68. The van der Waals surface area contributed by atoms with E-state index in [2.05, 4.69) is 6.92 Å². The number of carbonyl (C=O) groups is 1. The lowest BCUT2D eigenvalue weighted by Gasteiger charge is -2.41. The van der Waals surface area contributed by atoms with Crippen molar-refractivity contribution in [1.82, 2.24) is 4.90 Å². The summed E-state index contributed by atoms with van der Waals surface area (Å²) in [7, 11) is 3.07. The van der Waals surface area contributed by atoms with Crippen LogP contribution < -0.4 is 0 Å². The summed E-state index contributed by atoms with van der Waals surface area (Å²) < 4.78 is 15.1. The minimum atomic E-state index is -0.199. The van der Waals surface area contributed by atoms with Gasteiger partial charge in [-0.2, -0.15) is 0 Å². The molecular weight excluding hydrogens is 246 g/mol. The first kappa shape index (κ1) is 16.2. The average molecular weight is 273 g/mol. The molecule has 1 amide bonds. The number of carbonyl (C=O) groups excluding carboxylic acids is 1. The van der Waals surface area contributed by atoms with Gasteiger partial charge in [0.25, 0.3) is 0 Å². The molecule has 5 heteroatoms. The van der Waals surface area contributed by atoms with Crippen molar-refractivity contribution in [3.8, 4) is 0 Å². The Balaban J connectivity index is 2.56. The molecule has 0 aromatic rings. The van der Waals surface area contributed by atoms with E-state index in [1.165, 1.54) is 13.5 Å². The fraction of sp³-hybridized carbons (Fsp3) is 0.929. The van der Waals surface area contributed by atoms with Gasteiger partial charge in [-0.1, -0.05) is 13.3 Å². The molecule has 0 aromatic carbocycles. The van der Waals surface area contributed by atoms with E-state index in [9.17, 15) is 4.79 Å². The zero-order chi connectivity index (χ0) is 14.1. The summed E-state index contributed by atoms with van der Waals surface area (Å²) in [5, 5.41) is 0. The van der Waals surface area contributed by atoms with E-state index in [0.717, 1.165) is 32.1 Å². The van der Waals surface area contributed by atoms with Gasteiger partial charge in [-0.15, -0.1) is 0 Å². The summed E-state index contributed by atoms with van der Waals surface area (Å²) in [4.78, 5) is 13.9. The molecule has 1 aliphatic rings. The van der Waals surface area contributed by atoms with Crippen LogP contribution >= 0.6 is 0 Å². The third-order valence-electron chi connectivity index (χ3n) is 3.67. The number of piperidine rings is 1. The first-order valence-electron chi connectivity index (χ1n) is 7.17. The van der Waals surface area contributed by atoms with Gasteiger partial charge in [0.05, 0.1) is 13.7 Å². The number of likely N-dealkylation sites (tertiary alicyclic amines) is 1. The maximum atomic E-state index is 12.0. The van der Waals surface area contributed by atoms with Crippen molar-refractivity contribution in [3.05, 3.63) is 0 Å². The Morgan fingerprint density at radius 1 is 1.21 bits per heavy atom. The first-order valence-corrected chi connectivity index (χ1v) is 7.17. The average Bonchev–Trinajstić information content (AvgIpc) is 2.43. The van der Waals surface area contributed by atoms with Crippen molar-refractivity contribution in [2.24, 2.45) is 0 Å². The number of hydrogen-bond donors (Lipinski definition) is 0. The minimum absolute atomic E-state index is 0.199. The van der Waals surface area contributed by atoms with Crippen LogP contribution in [0.5, 0.6) is 0 Å². The molecule has 1 heterocycles. The standard InChI is InChI=1S/C14H27NO4/c1-4-6-12-7-5-8-13(9-10-19-11-17-2)15(12)14(16)18-3/h12-13H,4-11H2,1-3H3/t12-,13-/m1/s1. The summed E-state index contributed by atoms with van der Waals surface area (Å²) in [6.07, 6.45) is 6.07. The largest absolute Gasteiger partial charge is 0.453 e. The van der Waals surface area contributed by atoms with E-state index in [4.69, 9.17) is 14.2 Å². The Bertz CT molecular complexity index is 258. The zero-order valence-corrected chi connectivity index (χ0v) is 12.4. The van der Waals surface area contributed by atoms with E-state index in [1.54, 1.807) is 7.11 Å². The van der Waals surface area contributed by atoms with Gasteiger partial charge in [-0.3, -0.25) is 0 Å². The van der Waals surface area contributed by atoms with E-state index < -0.39 is 0 Å². The number of rotatable bonds is 7. The molecule has 5 nitrogen and oxygen atoms in total. The summed E-state index contributed by atoms with van der Waals surface area (Å²) in [6, 6.07) is 0.549. The van der Waals surface area contributed by atoms with Gasteiger partial charge in [0.1, 0.15) is 6.79 Å². The number of nitrogens with zero attached hydrogens (tertiary/aromatic N) is 1. The predicted molar refractivity (Wildman–Crippen MR) is 73.0 cm³/mol. The first-order chi connectivity index (χ1) is 9.24. The molecule has 1 fully saturated rings. The van der Waals surface area contributed by atoms with Crippen LogP contribution in [0, 0.1) is 0 Å². The minimum Gasteiger partial charge on any atom is -0.453 e. The summed E-state index contributed by atoms with van der Waals surface area (Å²) in [6.45, 7) is 3.08. The molecule has 1 aliphatic heterocycles. The third kappa shape index (κ3) is 4.99. The molecule has 0 unspecified atom stereocenters. The number of methoxy groups -OCH3 is 2. The molecule has 1 saturated heterocycles. The maximum Gasteiger partial charge on any atom is 0.409 e. The topological polar surface area (TPSA) is 48.0 Å². The molecule has 1 rings (SSSR count). The van der Waals surface area contributed by atoms with Gasteiger partial charge in [-0.05, 0) is 32.1 Å². The molecule has 0 N–H and O–H groups in total. The lowest BCUT2D eigenvalue weighted by Crippen LogP contribution is -2.50. The summed E-state index contributed by atoms with van der Waals surface area (Å²) in [5.74, 6) is 0. The van der Waals surface area contributed by atoms with Gasteiger partial charge >= 0.3 is 6.09 Å². The molecular formula is C14H27NO4. The van der Waals surface area contributed by atoms with Crippen molar-refractivity contribution < 1.29 is 19.0 Å². The van der Waals surface area contributed by atoms with Gasteiger partial charge in [0.2, 0.25) is 0 Å². The normalized spacial score (nSPS) is 23.4. The summed E-state index contributed by atoms with van der Waals surface area (Å²) >= 11 is 0. The van der Waals surface area contributed by atoms with Gasteiger partial charge in [0, 0.05) is 19.2 Å². The highest BCUT2D eigenvalue weighted by atomic mass is 16.7. The van der Waals surface area contributed by atoms with Gasteiger partial charge in [0.15, 0.2) is 0 Å². The highest BCUT2D eigenvalue weighted by Crippen LogP contribution is 2.28. The van der Waals surface area contributed by atoms with Crippen LogP contribution in [0.4, 0.5) is 4.79 Å². The van der Waals surface area contributed by atoms with Crippen LogP contribution in [-0.2, 0) is 14.2 Å². The van der Waals surface area contributed by atoms with Crippen molar-refractivity contribution in [1.29, 1.82) is 0 Å². The molecule has 112 valence electrons. The molecule has 0 spiro atoms. The maximum absolute atomic E-state index is 12.0. The second-order valence-electron chi connectivity index (χ2n) is 5.01. The van der Waals surface area contributed by atoms with Gasteiger partial charge in [-0.25, -0.2) is 4.79 Å². The van der Waals surface area contributed by atoms with Crippen LogP contribution in [0.15, 0.2) is 0 Å². The quantitative estimate of drug-likeness (QED) is 0.528. The fourth-order valence-electron chi connectivity index (χ4n) is 2.83. The van der Waals surface area contributed by atoms with E-state index in [1.807, 2.05) is 4.90 Å².